The number of benzene rings is 1. The number of nitrogens with one attached hydrogen (secondary N) is 1. The number of sulfonamides is 1. The number of rotatable bonds is 5. The van der Waals surface area contributed by atoms with E-state index in [-0.39, 0.29) is 22.0 Å². The maximum absolute atomic E-state index is 13.1. The fraction of sp³-hybridized carbons (Fsp3) is 0.250. The number of amides is 1. The zero-order valence-electron chi connectivity index (χ0n) is 14.8. The van der Waals surface area contributed by atoms with E-state index in [9.17, 15) is 26.4 Å². The summed E-state index contributed by atoms with van der Waals surface area (Å²) >= 11 is 5.81. The molecule has 0 unspecified atom stereocenters. The van der Waals surface area contributed by atoms with Gasteiger partial charge in [0.25, 0.3) is 15.9 Å². The minimum absolute atomic E-state index is 0.00852. The van der Waals surface area contributed by atoms with E-state index >= 15 is 0 Å². The molecule has 0 radical (unpaired) electrons. The number of pyridine rings is 1. The van der Waals surface area contributed by atoms with E-state index in [1.165, 1.54) is 21.1 Å². The van der Waals surface area contributed by atoms with Crippen LogP contribution in [0.15, 0.2) is 35.4 Å². The Morgan fingerprint density at radius 1 is 1.29 bits per heavy atom. The molecule has 0 bridgehead atoms. The van der Waals surface area contributed by atoms with Crippen molar-refractivity contribution < 1.29 is 31.2 Å². The van der Waals surface area contributed by atoms with Crippen LogP contribution in [0.2, 0.25) is 5.02 Å². The number of aromatic nitrogens is 1. The van der Waals surface area contributed by atoms with E-state index < -0.39 is 32.6 Å². The van der Waals surface area contributed by atoms with E-state index in [4.69, 9.17) is 16.4 Å². The number of carbonyl (C=O) groups excluding carboxylic acids is 1. The van der Waals surface area contributed by atoms with E-state index in [1.54, 1.807) is 0 Å². The quantitative estimate of drug-likeness (QED) is 0.723. The summed E-state index contributed by atoms with van der Waals surface area (Å²) in [6.45, 7) is 1.21. The molecule has 0 fully saturated rings. The minimum Gasteiger partial charge on any atom is -0.277 e. The van der Waals surface area contributed by atoms with Gasteiger partial charge in [-0.3, -0.25) is 14.4 Å². The molecule has 0 aliphatic carbocycles. The number of halogens is 4. The van der Waals surface area contributed by atoms with Crippen molar-refractivity contribution in [1.82, 2.24) is 10.0 Å². The van der Waals surface area contributed by atoms with Crippen LogP contribution in [-0.2, 0) is 21.0 Å². The van der Waals surface area contributed by atoms with E-state index in [0.717, 1.165) is 29.5 Å². The van der Waals surface area contributed by atoms with Crippen LogP contribution in [0.1, 0.15) is 21.6 Å². The Bertz CT molecular complexity index is 1010. The number of hydroxylamine groups is 2. The zero-order chi connectivity index (χ0) is 21.3. The van der Waals surface area contributed by atoms with Crippen molar-refractivity contribution in [2.24, 2.45) is 0 Å². The third-order valence-corrected chi connectivity index (χ3v) is 5.26. The SMILES string of the molecule is CON(C)C(=O)c1ncc(Cl)cc1NS(=O)(=O)c1ccc(C)c(C(F)(F)F)c1. The Hall–Kier alpha value is -2.37. The third-order valence-electron chi connectivity index (χ3n) is 3.69. The maximum atomic E-state index is 13.1. The third kappa shape index (κ3) is 4.72. The molecule has 1 N–H and O–H groups in total. The fourth-order valence-corrected chi connectivity index (χ4v) is 3.44. The molecular weight excluding hydrogens is 423 g/mol. The van der Waals surface area contributed by atoms with Gasteiger partial charge in [0.05, 0.1) is 28.3 Å². The highest BCUT2D eigenvalue weighted by Gasteiger charge is 2.34. The first-order valence-corrected chi connectivity index (χ1v) is 9.41. The number of anilines is 1. The molecular formula is C16H15ClF3N3O4S. The van der Waals surface area contributed by atoms with Gasteiger partial charge in [-0.1, -0.05) is 17.7 Å². The highest BCUT2D eigenvalue weighted by molar-refractivity contribution is 7.92. The Morgan fingerprint density at radius 3 is 2.50 bits per heavy atom. The van der Waals surface area contributed by atoms with Crippen molar-refractivity contribution >= 4 is 33.2 Å². The topological polar surface area (TPSA) is 88.6 Å². The van der Waals surface area contributed by atoms with Gasteiger partial charge >= 0.3 is 6.18 Å². The number of carbonyl (C=O) groups is 1. The molecule has 28 heavy (non-hydrogen) atoms. The second kappa shape index (κ2) is 7.94. The molecule has 0 aliphatic rings. The van der Waals surface area contributed by atoms with Crippen molar-refractivity contribution in [3.63, 3.8) is 0 Å². The first-order chi connectivity index (χ1) is 12.9. The highest BCUT2D eigenvalue weighted by atomic mass is 35.5. The summed E-state index contributed by atoms with van der Waals surface area (Å²) in [5, 5.41) is 0.802. The summed E-state index contributed by atoms with van der Waals surface area (Å²) in [5.74, 6) is -0.795. The Labute approximate surface area is 164 Å². The lowest BCUT2D eigenvalue weighted by molar-refractivity contribution is -0.138. The molecule has 12 heteroatoms. The summed E-state index contributed by atoms with van der Waals surface area (Å²) in [4.78, 5) is 20.2. The number of hydrogen-bond acceptors (Lipinski definition) is 5. The molecule has 2 aromatic rings. The molecule has 1 amide bonds. The van der Waals surface area contributed by atoms with E-state index in [2.05, 4.69) is 9.71 Å². The van der Waals surface area contributed by atoms with Crippen LogP contribution < -0.4 is 4.72 Å². The largest absolute Gasteiger partial charge is 0.416 e. The Kier molecular flexibility index (Phi) is 6.21. The Morgan fingerprint density at radius 2 is 1.93 bits per heavy atom. The molecule has 1 heterocycles. The summed E-state index contributed by atoms with van der Waals surface area (Å²) in [6, 6.07) is 3.69. The van der Waals surface area contributed by atoms with Gasteiger partial charge in [0, 0.05) is 13.2 Å². The maximum Gasteiger partial charge on any atom is 0.416 e. The van der Waals surface area contributed by atoms with Crippen LogP contribution in [0, 0.1) is 6.92 Å². The van der Waals surface area contributed by atoms with Crippen LogP contribution in [0.5, 0.6) is 0 Å². The van der Waals surface area contributed by atoms with Crippen LogP contribution in [0.4, 0.5) is 18.9 Å². The van der Waals surface area contributed by atoms with Crippen molar-refractivity contribution in [2.45, 2.75) is 18.0 Å². The van der Waals surface area contributed by atoms with Gasteiger partial charge in [-0.15, -0.1) is 0 Å². The van der Waals surface area contributed by atoms with Gasteiger partial charge in [-0.2, -0.15) is 13.2 Å². The summed E-state index contributed by atoms with van der Waals surface area (Å²) in [7, 11) is -2.00. The molecule has 1 aromatic carbocycles. The second-order valence-corrected chi connectivity index (χ2v) is 7.73. The van der Waals surface area contributed by atoms with Crippen LogP contribution >= 0.6 is 11.6 Å². The van der Waals surface area contributed by atoms with Gasteiger partial charge in [0.1, 0.15) is 0 Å². The molecule has 0 aliphatic heterocycles. The average Bonchev–Trinajstić information content (AvgIpc) is 2.59. The van der Waals surface area contributed by atoms with E-state index in [1.807, 2.05) is 0 Å². The number of aryl methyl sites for hydroxylation is 1. The first kappa shape index (κ1) is 21.9. The Balaban J connectivity index is 2.51. The molecule has 0 atom stereocenters. The van der Waals surface area contributed by atoms with Gasteiger partial charge in [-0.25, -0.2) is 18.5 Å². The molecule has 0 spiro atoms. The zero-order valence-corrected chi connectivity index (χ0v) is 16.4. The monoisotopic (exact) mass is 437 g/mol. The van der Waals surface area contributed by atoms with Gasteiger partial charge in [-0.05, 0) is 30.7 Å². The molecule has 7 nitrogen and oxygen atoms in total. The van der Waals surface area contributed by atoms with Crippen molar-refractivity contribution in [3.8, 4) is 0 Å². The van der Waals surface area contributed by atoms with Crippen LogP contribution in [0.3, 0.4) is 0 Å². The highest BCUT2D eigenvalue weighted by Crippen LogP contribution is 2.33. The van der Waals surface area contributed by atoms with Crippen LogP contribution in [-0.4, -0.2) is 38.5 Å². The lowest BCUT2D eigenvalue weighted by Crippen LogP contribution is -2.28. The fourth-order valence-electron chi connectivity index (χ4n) is 2.20. The molecule has 152 valence electrons. The van der Waals surface area contributed by atoms with Crippen LogP contribution in [0.25, 0.3) is 0 Å². The first-order valence-electron chi connectivity index (χ1n) is 7.55. The molecule has 0 saturated heterocycles. The molecule has 2 rings (SSSR count). The summed E-state index contributed by atoms with van der Waals surface area (Å²) in [5.41, 5.74) is -1.88. The van der Waals surface area contributed by atoms with Gasteiger partial charge in [0.15, 0.2) is 5.69 Å². The molecule has 0 saturated carbocycles. The van der Waals surface area contributed by atoms with Crippen molar-refractivity contribution in [1.29, 1.82) is 0 Å². The number of hydrogen-bond donors (Lipinski definition) is 1. The molecule has 1 aromatic heterocycles. The smallest absolute Gasteiger partial charge is 0.277 e. The normalized spacial score (nSPS) is 12.0. The van der Waals surface area contributed by atoms with Crippen molar-refractivity contribution in [2.75, 3.05) is 18.9 Å². The van der Waals surface area contributed by atoms with Crippen molar-refractivity contribution in [3.05, 3.63) is 52.3 Å². The summed E-state index contributed by atoms with van der Waals surface area (Å²) < 4.78 is 66.5. The number of nitrogens with zero attached hydrogens (tertiary/aromatic N) is 2. The summed E-state index contributed by atoms with van der Waals surface area (Å²) in [6.07, 6.45) is -3.61. The standard InChI is InChI=1S/C16H15ClF3N3O4S/c1-9-4-5-11(7-12(9)16(18,19)20)28(25,26)22-13-6-10(17)8-21-14(13)15(24)23(2)27-3/h4-8,22H,1-3H3. The lowest BCUT2D eigenvalue weighted by atomic mass is 10.1. The van der Waals surface area contributed by atoms with E-state index in [0.29, 0.717) is 6.07 Å². The predicted octanol–water partition coefficient (Wildman–Crippen LogP) is 3.50. The number of alkyl halides is 3. The second-order valence-electron chi connectivity index (χ2n) is 5.61. The average molecular weight is 438 g/mol. The van der Waals surface area contributed by atoms with Gasteiger partial charge in [0.2, 0.25) is 0 Å². The van der Waals surface area contributed by atoms with Gasteiger partial charge < -0.3 is 0 Å². The predicted molar refractivity (Wildman–Crippen MR) is 95.3 cm³/mol. The minimum atomic E-state index is -4.73. The lowest BCUT2D eigenvalue weighted by Gasteiger charge is -2.17.